The van der Waals surface area contributed by atoms with Gasteiger partial charge in [-0.15, -0.1) is 0 Å². The molecule has 0 aliphatic heterocycles. The van der Waals surface area contributed by atoms with E-state index in [9.17, 15) is 4.79 Å². The molecule has 0 atom stereocenters. The van der Waals surface area contributed by atoms with E-state index in [1.807, 2.05) is 18.3 Å². The van der Waals surface area contributed by atoms with Crippen LogP contribution in [-0.4, -0.2) is 32.5 Å². The lowest BCUT2D eigenvalue weighted by atomic mass is 10.1. The van der Waals surface area contributed by atoms with Crippen molar-refractivity contribution in [3.63, 3.8) is 0 Å². The van der Waals surface area contributed by atoms with Crippen molar-refractivity contribution in [2.45, 2.75) is 6.92 Å². The Bertz CT molecular complexity index is 777. The maximum absolute atomic E-state index is 11.5. The summed E-state index contributed by atoms with van der Waals surface area (Å²) in [5.74, 6) is 0.000491. The number of ketones is 1. The molecule has 3 heterocycles. The van der Waals surface area contributed by atoms with E-state index in [0.29, 0.717) is 11.6 Å². The van der Waals surface area contributed by atoms with Gasteiger partial charge in [0.2, 0.25) is 0 Å². The zero-order valence-corrected chi connectivity index (χ0v) is 11.1. The van der Waals surface area contributed by atoms with Gasteiger partial charge >= 0.3 is 6.01 Å². The number of Topliss-reactive ketones (excluding diaryl/α,β-unsaturated/α-hetero) is 1. The number of carbonyl (C=O) groups excluding carboxylic acids is 1. The molecule has 0 N–H and O–H groups in total. The summed E-state index contributed by atoms with van der Waals surface area (Å²) in [6, 6.07) is 4.10. The van der Waals surface area contributed by atoms with Crippen LogP contribution in [0, 0.1) is 0 Å². The second-order valence-corrected chi connectivity index (χ2v) is 4.32. The Hall–Kier alpha value is -2.76. The van der Waals surface area contributed by atoms with Crippen LogP contribution in [0.5, 0.6) is 6.01 Å². The van der Waals surface area contributed by atoms with E-state index in [-0.39, 0.29) is 5.78 Å². The molecule has 0 bridgehead atoms. The van der Waals surface area contributed by atoms with Crippen LogP contribution in [0.25, 0.3) is 16.6 Å². The van der Waals surface area contributed by atoms with E-state index >= 15 is 0 Å². The maximum atomic E-state index is 11.5. The van der Waals surface area contributed by atoms with Crippen molar-refractivity contribution < 1.29 is 9.53 Å². The SMILES string of the molecule is COc1ncc(-c2ccc3c(C(C)=O)cnn3c2)cn1. The van der Waals surface area contributed by atoms with Crippen LogP contribution in [0.3, 0.4) is 0 Å². The molecule has 0 radical (unpaired) electrons. The Labute approximate surface area is 115 Å². The molecule has 0 aliphatic carbocycles. The van der Waals surface area contributed by atoms with Crippen LogP contribution in [0.15, 0.2) is 36.9 Å². The number of hydrogen-bond acceptors (Lipinski definition) is 5. The van der Waals surface area contributed by atoms with E-state index in [2.05, 4.69) is 15.1 Å². The quantitative estimate of drug-likeness (QED) is 0.679. The third-order valence-corrected chi connectivity index (χ3v) is 3.04. The molecule has 0 unspecified atom stereocenters. The Morgan fingerprint density at radius 3 is 2.55 bits per heavy atom. The second-order valence-electron chi connectivity index (χ2n) is 4.32. The third kappa shape index (κ3) is 2.01. The fourth-order valence-corrected chi connectivity index (χ4v) is 2.00. The molecule has 6 nitrogen and oxygen atoms in total. The number of hydrogen-bond donors (Lipinski definition) is 0. The van der Waals surface area contributed by atoms with Crippen molar-refractivity contribution in [3.8, 4) is 17.1 Å². The third-order valence-electron chi connectivity index (χ3n) is 3.04. The Kier molecular flexibility index (Phi) is 2.90. The van der Waals surface area contributed by atoms with Gasteiger partial charge in [-0.05, 0) is 13.0 Å². The molecule has 0 saturated carbocycles. The predicted molar refractivity (Wildman–Crippen MR) is 72.8 cm³/mol. The van der Waals surface area contributed by atoms with Crippen molar-refractivity contribution in [2.24, 2.45) is 0 Å². The minimum absolute atomic E-state index is 0.000491. The minimum Gasteiger partial charge on any atom is -0.467 e. The zero-order valence-electron chi connectivity index (χ0n) is 11.1. The highest BCUT2D eigenvalue weighted by molar-refractivity contribution is 6.00. The smallest absolute Gasteiger partial charge is 0.316 e. The number of methoxy groups -OCH3 is 1. The highest BCUT2D eigenvalue weighted by atomic mass is 16.5. The fraction of sp³-hybridized carbons (Fsp3) is 0.143. The normalized spacial score (nSPS) is 10.7. The number of rotatable bonds is 3. The summed E-state index contributed by atoms with van der Waals surface area (Å²) in [4.78, 5) is 19.6. The lowest BCUT2D eigenvalue weighted by molar-refractivity contribution is 0.101. The van der Waals surface area contributed by atoms with Gasteiger partial charge in [-0.25, -0.2) is 14.5 Å². The number of nitrogens with zero attached hydrogens (tertiary/aromatic N) is 4. The summed E-state index contributed by atoms with van der Waals surface area (Å²) in [7, 11) is 1.52. The number of aromatic nitrogens is 4. The number of fused-ring (bicyclic) bond motifs is 1. The first kappa shape index (κ1) is 12.3. The molecule has 20 heavy (non-hydrogen) atoms. The molecule has 0 aliphatic rings. The average Bonchev–Trinajstić information content (AvgIpc) is 2.90. The first-order valence-corrected chi connectivity index (χ1v) is 6.04. The predicted octanol–water partition coefficient (Wildman–Crippen LogP) is 2.00. The van der Waals surface area contributed by atoms with Gasteiger partial charge < -0.3 is 4.74 Å². The van der Waals surface area contributed by atoms with Crippen LogP contribution in [0.1, 0.15) is 17.3 Å². The molecule has 0 saturated heterocycles. The molecule has 0 aromatic carbocycles. The number of ether oxygens (including phenoxy) is 1. The number of carbonyl (C=O) groups is 1. The lowest BCUT2D eigenvalue weighted by Gasteiger charge is -2.03. The van der Waals surface area contributed by atoms with Gasteiger partial charge in [-0.3, -0.25) is 4.79 Å². The maximum Gasteiger partial charge on any atom is 0.316 e. The van der Waals surface area contributed by atoms with Crippen LogP contribution in [0.2, 0.25) is 0 Å². The lowest BCUT2D eigenvalue weighted by Crippen LogP contribution is -1.94. The Morgan fingerprint density at radius 1 is 1.15 bits per heavy atom. The topological polar surface area (TPSA) is 69.4 Å². The summed E-state index contributed by atoms with van der Waals surface area (Å²) in [6.07, 6.45) is 6.78. The summed E-state index contributed by atoms with van der Waals surface area (Å²) in [6.45, 7) is 1.53. The Balaban J connectivity index is 2.06. The molecule has 3 aromatic rings. The average molecular weight is 268 g/mol. The van der Waals surface area contributed by atoms with Gasteiger partial charge in [0.1, 0.15) is 0 Å². The van der Waals surface area contributed by atoms with Gasteiger partial charge in [-0.1, -0.05) is 6.07 Å². The van der Waals surface area contributed by atoms with Crippen molar-refractivity contribution in [1.29, 1.82) is 0 Å². The highest BCUT2D eigenvalue weighted by Gasteiger charge is 2.09. The summed E-state index contributed by atoms with van der Waals surface area (Å²) >= 11 is 0. The summed E-state index contributed by atoms with van der Waals surface area (Å²) in [5, 5.41) is 4.19. The van der Waals surface area contributed by atoms with Gasteiger partial charge in [0.25, 0.3) is 0 Å². The standard InChI is InChI=1S/C14H12N4O2/c1-9(19)12-7-17-18-8-10(3-4-13(12)18)11-5-15-14(20-2)16-6-11/h3-8H,1-2H3. The molecule has 3 rings (SSSR count). The molecular formula is C14H12N4O2. The van der Waals surface area contributed by atoms with Crippen molar-refractivity contribution >= 4 is 11.3 Å². The summed E-state index contributed by atoms with van der Waals surface area (Å²) in [5.41, 5.74) is 3.17. The largest absolute Gasteiger partial charge is 0.467 e. The highest BCUT2D eigenvalue weighted by Crippen LogP contribution is 2.21. The molecule has 0 spiro atoms. The van der Waals surface area contributed by atoms with Gasteiger partial charge in [0.15, 0.2) is 5.78 Å². The van der Waals surface area contributed by atoms with E-state index in [0.717, 1.165) is 16.6 Å². The second kappa shape index (κ2) is 4.73. The van der Waals surface area contributed by atoms with E-state index in [1.54, 1.807) is 23.1 Å². The van der Waals surface area contributed by atoms with Gasteiger partial charge in [0, 0.05) is 29.7 Å². The van der Waals surface area contributed by atoms with Crippen molar-refractivity contribution in [1.82, 2.24) is 19.6 Å². The van der Waals surface area contributed by atoms with E-state index in [4.69, 9.17) is 4.74 Å². The molecule has 0 amide bonds. The zero-order chi connectivity index (χ0) is 14.1. The monoisotopic (exact) mass is 268 g/mol. The number of pyridine rings is 1. The van der Waals surface area contributed by atoms with Crippen LogP contribution in [-0.2, 0) is 0 Å². The molecule has 0 fully saturated rings. The first-order valence-electron chi connectivity index (χ1n) is 6.04. The first-order chi connectivity index (χ1) is 9.69. The van der Waals surface area contributed by atoms with Crippen LogP contribution >= 0.6 is 0 Å². The van der Waals surface area contributed by atoms with Crippen LogP contribution in [0.4, 0.5) is 0 Å². The van der Waals surface area contributed by atoms with Crippen LogP contribution < -0.4 is 4.74 Å². The molecule has 100 valence electrons. The van der Waals surface area contributed by atoms with E-state index < -0.39 is 0 Å². The van der Waals surface area contributed by atoms with Crippen molar-refractivity contribution in [2.75, 3.05) is 7.11 Å². The van der Waals surface area contributed by atoms with Gasteiger partial charge in [0.05, 0.1) is 24.4 Å². The van der Waals surface area contributed by atoms with E-state index in [1.165, 1.54) is 14.0 Å². The molecule has 6 heteroatoms. The van der Waals surface area contributed by atoms with Gasteiger partial charge in [-0.2, -0.15) is 5.10 Å². The minimum atomic E-state index is 0.000491. The molecular weight excluding hydrogens is 256 g/mol. The fourth-order valence-electron chi connectivity index (χ4n) is 2.00. The van der Waals surface area contributed by atoms with Crippen molar-refractivity contribution in [3.05, 3.63) is 42.5 Å². The Morgan fingerprint density at radius 2 is 1.90 bits per heavy atom. The summed E-state index contributed by atoms with van der Waals surface area (Å²) < 4.78 is 6.60. The molecule has 3 aromatic heterocycles.